The monoisotopic (exact) mass is 509 g/mol. The van der Waals surface area contributed by atoms with E-state index in [0.717, 1.165) is 19.5 Å². The molecule has 0 bridgehead atoms. The van der Waals surface area contributed by atoms with Gasteiger partial charge in [-0.2, -0.15) is 4.39 Å². The fourth-order valence-electron chi connectivity index (χ4n) is 5.72. The third-order valence-electron chi connectivity index (χ3n) is 7.60. The van der Waals surface area contributed by atoms with Crippen molar-refractivity contribution in [3.8, 4) is 0 Å². The average Bonchev–Trinajstić information content (AvgIpc) is 2.93. The van der Waals surface area contributed by atoms with Crippen LogP contribution in [0.5, 0.6) is 0 Å². The maximum absolute atomic E-state index is 15.0. The minimum absolute atomic E-state index is 0.236. The number of amides is 1. The lowest BCUT2D eigenvalue weighted by Crippen LogP contribution is -2.48. The van der Waals surface area contributed by atoms with Gasteiger partial charge in [0.25, 0.3) is 0 Å². The van der Waals surface area contributed by atoms with Crippen molar-refractivity contribution in [1.29, 1.82) is 0 Å². The number of hydrogen-bond acceptors (Lipinski definition) is 4. The zero-order chi connectivity index (χ0) is 25.8. The van der Waals surface area contributed by atoms with E-state index in [1.807, 2.05) is 0 Å². The number of rotatable bonds is 6. The minimum Gasteiger partial charge on any atom is -0.379 e. The molecule has 2 aliphatic rings. The molecule has 4 atom stereocenters. The van der Waals surface area contributed by atoms with Gasteiger partial charge in [-0.3, -0.25) is 9.69 Å². The van der Waals surface area contributed by atoms with Crippen LogP contribution in [-0.4, -0.2) is 48.1 Å². The van der Waals surface area contributed by atoms with E-state index in [-0.39, 0.29) is 23.7 Å². The van der Waals surface area contributed by atoms with Gasteiger partial charge in [0.05, 0.1) is 19.3 Å². The Balaban J connectivity index is 1.43. The molecule has 1 unspecified atom stereocenters. The number of halogens is 3. The van der Waals surface area contributed by atoms with Crippen LogP contribution >= 0.6 is 0 Å². The van der Waals surface area contributed by atoms with Crippen molar-refractivity contribution >= 4 is 5.91 Å². The van der Waals surface area contributed by atoms with Gasteiger partial charge in [-0.1, -0.05) is 30.3 Å². The molecule has 2 aromatic carbocycles. The molecule has 1 N–H and O–H groups in total. The van der Waals surface area contributed by atoms with Crippen molar-refractivity contribution in [3.05, 3.63) is 101 Å². The van der Waals surface area contributed by atoms with Gasteiger partial charge in [-0.25, -0.2) is 13.8 Å². The second-order valence-electron chi connectivity index (χ2n) is 9.75. The van der Waals surface area contributed by atoms with E-state index in [9.17, 15) is 13.6 Å². The first-order valence-electron chi connectivity index (χ1n) is 12.7. The second kappa shape index (κ2) is 11.4. The Morgan fingerprint density at radius 2 is 1.73 bits per heavy atom. The summed E-state index contributed by atoms with van der Waals surface area (Å²) in [5.41, 5.74) is 1.65. The number of aromatic nitrogens is 1. The Kier molecular flexibility index (Phi) is 7.86. The molecule has 8 heteroatoms. The lowest BCUT2D eigenvalue weighted by Gasteiger charge is -2.42. The fraction of sp³-hybridized carbons (Fsp3) is 0.379. The summed E-state index contributed by atoms with van der Waals surface area (Å²) in [6.07, 6.45) is 3.40. The first-order valence-corrected chi connectivity index (χ1v) is 12.7. The Hall–Kier alpha value is -3.23. The van der Waals surface area contributed by atoms with Crippen LogP contribution in [0.2, 0.25) is 0 Å². The predicted octanol–water partition coefficient (Wildman–Crippen LogP) is 4.99. The molecule has 1 aliphatic heterocycles. The molecule has 1 saturated carbocycles. The Labute approximate surface area is 214 Å². The lowest BCUT2D eigenvalue weighted by molar-refractivity contribution is -0.127. The van der Waals surface area contributed by atoms with Crippen molar-refractivity contribution in [1.82, 2.24) is 15.2 Å². The van der Waals surface area contributed by atoms with Crippen LogP contribution in [0.3, 0.4) is 0 Å². The lowest BCUT2D eigenvalue weighted by atomic mass is 9.72. The number of ether oxygens (including phenoxy) is 1. The highest BCUT2D eigenvalue weighted by Gasteiger charge is 2.40. The zero-order valence-corrected chi connectivity index (χ0v) is 20.5. The van der Waals surface area contributed by atoms with E-state index < -0.39 is 23.7 Å². The molecule has 37 heavy (non-hydrogen) atoms. The van der Waals surface area contributed by atoms with Crippen LogP contribution in [-0.2, 0) is 9.53 Å². The SMILES string of the molecule is O=C(NC(c1ccc(F)cc1)c1ccnc(F)c1)[C@@H]1CC[C@@H](N2CCOCC2)C[C@H]1c1ccccc1F. The van der Waals surface area contributed by atoms with Crippen LogP contribution in [0.4, 0.5) is 13.2 Å². The quantitative estimate of drug-likeness (QED) is 0.476. The summed E-state index contributed by atoms with van der Waals surface area (Å²) in [5, 5.41) is 3.07. The number of carbonyl (C=O) groups is 1. The van der Waals surface area contributed by atoms with Crippen molar-refractivity contribution in [2.45, 2.75) is 37.3 Å². The number of pyridine rings is 1. The van der Waals surface area contributed by atoms with Gasteiger partial charge in [0.1, 0.15) is 11.6 Å². The van der Waals surface area contributed by atoms with E-state index in [1.54, 1.807) is 36.4 Å². The zero-order valence-electron chi connectivity index (χ0n) is 20.5. The van der Waals surface area contributed by atoms with Gasteiger partial charge in [-0.05, 0) is 72.2 Å². The molecule has 1 aliphatic carbocycles. The molecule has 1 amide bonds. The van der Waals surface area contributed by atoms with Crippen LogP contribution in [0.25, 0.3) is 0 Å². The highest BCUT2D eigenvalue weighted by Crippen LogP contribution is 2.41. The molecule has 3 aromatic rings. The number of benzene rings is 2. The molecule has 0 radical (unpaired) electrons. The molecule has 2 fully saturated rings. The molecule has 194 valence electrons. The molecule has 1 saturated heterocycles. The van der Waals surface area contributed by atoms with Crippen LogP contribution < -0.4 is 5.32 Å². The molecular formula is C29H30F3N3O2. The standard InChI is InChI=1S/C29H30F3N3O2/c30-21-7-5-19(6-8-21)28(20-11-12-33-27(32)17-20)34-29(36)24-10-9-22(35-13-15-37-16-14-35)18-25(24)23-3-1-2-4-26(23)31/h1-8,11-12,17,22,24-25,28H,9-10,13-16,18H2,(H,34,36)/t22-,24-,25+,28?/m1/s1. The van der Waals surface area contributed by atoms with Gasteiger partial charge < -0.3 is 10.1 Å². The van der Waals surface area contributed by atoms with Crippen molar-refractivity contribution < 1.29 is 22.7 Å². The number of hydrogen-bond donors (Lipinski definition) is 1. The highest BCUT2D eigenvalue weighted by molar-refractivity contribution is 5.81. The summed E-state index contributed by atoms with van der Waals surface area (Å²) in [4.78, 5) is 19.8. The summed E-state index contributed by atoms with van der Waals surface area (Å²) in [7, 11) is 0. The Morgan fingerprint density at radius 1 is 0.973 bits per heavy atom. The second-order valence-corrected chi connectivity index (χ2v) is 9.75. The maximum atomic E-state index is 15.0. The van der Waals surface area contributed by atoms with E-state index in [2.05, 4.69) is 15.2 Å². The molecule has 5 nitrogen and oxygen atoms in total. The average molecular weight is 510 g/mol. The normalized spacial score (nSPS) is 23.4. The first-order chi connectivity index (χ1) is 18.0. The minimum atomic E-state index is -0.705. The third kappa shape index (κ3) is 5.86. The van der Waals surface area contributed by atoms with Gasteiger partial charge in [0, 0.05) is 31.2 Å². The Morgan fingerprint density at radius 3 is 2.46 bits per heavy atom. The molecule has 1 aromatic heterocycles. The number of morpholine rings is 1. The maximum Gasteiger partial charge on any atom is 0.224 e. The summed E-state index contributed by atoms with van der Waals surface area (Å²) in [6.45, 7) is 3.00. The molecule has 5 rings (SSSR count). The highest BCUT2D eigenvalue weighted by atomic mass is 19.1. The fourth-order valence-corrected chi connectivity index (χ4v) is 5.72. The van der Waals surface area contributed by atoms with Crippen LogP contribution in [0.1, 0.15) is 47.9 Å². The van der Waals surface area contributed by atoms with Crippen molar-refractivity contribution in [3.63, 3.8) is 0 Å². The van der Waals surface area contributed by atoms with E-state index >= 15 is 4.39 Å². The van der Waals surface area contributed by atoms with Crippen LogP contribution in [0, 0.1) is 23.5 Å². The summed E-state index contributed by atoms with van der Waals surface area (Å²) < 4.78 is 48.1. The van der Waals surface area contributed by atoms with Crippen LogP contribution in [0.15, 0.2) is 66.9 Å². The van der Waals surface area contributed by atoms with E-state index in [0.29, 0.717) is 42.7 Å². The van der Waals surface area contributed by atoms with Gasteiger partial charge in [0.15, 0.2) is 0 Å². The van der Waals surface area contributed by atoms with Gasteiger partial charge >= 0.3 is 0 Å². The smallest absolute Gasteiger partial charge is 0.224 e. The summed E-state index contributed by atoms with van der Waals surface area (Å²) in [6, 6.07) is 14.8. The van der Waals surface area contributed by atoms with Gasteiger partial charge in [0.2, 0.25) is 11.9 Å². The van der Waals surface area contributed by atoms with Crippen molar-refractivity contribution in [2.24, 2.45) is 5.92 Å². The topological polar surface area (TPSA) is 54.5 Å². The van der Waals surface area contributed by atoms with E-state index in [4.69, 9.17) is 4.74 Å². The Bertz CT molecular complexity index is 1220. The summed E-state index contributed by atoms with van der Waals surface area (Å²) in [5.74, 6) is -2.42. The van der Waals surface area contributed by atoms with Crippen molar-refractivity contribution in [2.75, 3.05) is 26.3 Å². The predicted molar refractivity (Wildman–Crippen MR) is 133 cm³/mol. The molecular weight excluding hydrogens is 479 g/mol. The van der Waals surface area contributed by atoms with E-state index in [1.165, 1.54) is 30.5 Å². The largest absolute Gasteiger partial charge is 0.379 e. The molecule has 2 heterocycles. The van der Waals surface area contributed by atoms with Gasteiger partial charge in [-0.15, -0.1) is 0 Å². The summed E-state index contributed by atoms with van der Waals surface area (Å²) >= 11 is 0. The first kappa shape index (κ1) is 25.4. The third-order valence-corrected chi connectivity index (χ3v) is 7.60. The number of carbonyl (C=O) groups excluding carboxylic acids is 1. The molecule has 0 spiro atoms. The number of nitrogens with zero attached hydrogens (tertiary/aromatic N) is 2. The number of nitrogens with one attached hydrogen (secondary N) is 1.